The molecule has 1 aromatic carbocycles. The van der Waals surface area contributed by atoms with Crippen molar-refractivity contribution in [2.45, 2.75) is 33.1 Å². The topological polar surface area (TPSA) is 37.3 Å². The van der Waals surface area contributed by atoms with Crippen molar-refractivity contribution in [3.8, 4) is 5.75 Å². The minimum absolute atomic E-state index is 0.135. The van der Waals surface area contributed by atoms with Crippen LogP contribution in [-0.4, -0.2) is 10.9 Å². The highest BCUT2D eigenvalue weighted by atomic mass is 16.3. The van der Waals surface area contributed by atoms with E-state index in [1.807, 2.05) is 26.0 Å². The highest BCUT2D eigenvalue weighted by molar-refractivity contribution is 5.80. The summed E-state index contributed by atoms with van der Waals surface area (Å²) in [6.07, 6.45) is 2.04. The lowest BCUT2D eigenvalue weighted by Gasteiger charge is -2.07. The number of rotatable bonds is 5. The average molecular weight is 206 g/mol. The maximum Gasteiger partial charge on any atom is 0.136 e. The summed E-state index contributed by atoms with van der Waals surface area (Å²) in [7, 11) is 0. The summed E-state index contributed by atoms with van der Waals surface area (Å²) in [5.41, 5.74) is 0.856. The van der Waals surface area contributed by atoms with E-state index in [1.165, 1.54) is 0 Å². The first-order valence-corrected chi connectivity index (χ1v) is 5.44. The lowest BCUT2D eigenvalue weighted by atomic mass is 9.97. The number of phenols is 1. The fourth-order valence-electron chi connectivity index (χ4n) is 1.45. The van der Waals surface area contributed by atoms with Crippen LogP contribution in [0, 0.1) is 5.92 Å². The van der Waals surface area contributed by atoms with Crippen molar-refractivity contribution in [2.75, 3.05) is 0 Å². The molecule has 0 aliphatic heterocycles. The van der Waals surface area contributed by atoms with Crippen LogP contribution in [0.25, 0.3) is 0 Å². The average Bonchev–Trinajstić information content (AvgIpc) is 2.26. The molecular formula is C13H18O2. The summed E-state index contributed by atoms with van der Waals surface area (Å²) in [5, 5.41) is 9.51. The van der Waals surface area contributed by atoms with E-state index in [-0.39, 0.29) is 17.5 Å². The zero-order valence-electron chi connectivity index (χ0n) is 9.36. The molecule has 0 aromatic heterocycles. The number of carbonyl (C=O) groups excluding carboxylic acids is 1. The van der Waals surface area contributed by atoms with E-state index in [0.717, 1.165) is 12.0 Å². The van der Waals surface area contributed by atoms with Gasteiger partial charge in [-0.15, -0.1) is 0 Å². The monoisotopic (exact) mass is 206 g/mol. The second kappa shape index (κ2) is 5.54. The smallest absolute Gasteiger partial charge is 0.136 e. The van der Waals surface area contributed by atoms with Gasteiger partial charge in [0.25, 0.3) is 0 Å². The Morgan fingerprint density at radius 1 is 1.40 bits per heavy atom. The molecule has 1 rings (SSSR count). The first kappa shape index (κ1) is 11.8. The van der Waals surface area contributed by atoms with Crippen molar-refractivity contribution in [2.24, 2.45) is 5.92 Å². The normalized spacial score (nSPS) is 12.4. The Morgan fingerprint density at radius 2 is 2.07 bits per heavy atom. The third-order valence-corrected chi connectivity index (χ3v) is 2.79. The third kappa shape index (κ3) is 3.39. The molecule has 15 heavy (non-hydrogen) atoms. The first-order valence-electron chi connectivity index (χ1n) is 5.44. The highest BCUT2D eigenvalue weighted by Crippen LogP contribution is 2.18. The zero-order valence-corrected chi connectivity index (χ0v) is 9.36. The Bertz CT molecular complexity index is 331. The zero-order chi connectivity index (χ0) is 11.3. The molecule has 1 N–H and O–H groups in total. The molecule has 2 heteroatoms. The standard InChI is InChI=1S/C13H18O2/c1-3-10(2)12(14)9-8-11-6-4-5-7-13(11)15/h4-7,10,15H,3,8-9H2,1-2H3/t10-/m0/s1. The molecule has 0 fully saturated rings. The molecule has 0 unspecified atom stereocenters. The minimum Gasteiger partial charge on any atom is -0.508 e. The van der Waals surface area contributed by atoms with Gasteiger partial charge in [-0.05, 0) is 24.5 Å². The molecule has 82 valence electrons. The Balaban J connectivity index is 2.51. The molecule has 0 bridgehead atoms. The first-order chi connectivity index (χ1) is 7.15. The van der Waals surface area contributed by atoms with Gasteiger partial charge in [-0.1, -0.05) is 32.0 Å². The number of aromatic hydroxyl groups is 1. The van der Waals surface area contributed by atoms with Crippen LogP contribution in [0.1, 0.15) is 32.3 Å². The quantitative estimate of drug-likeness (QED) is 0.804. The molecule has 0 radical (unpaired) electrons. The molecule has 0 amide bonds. The van der Waals surface area contributed by atoms with Crippen LogP contribution >= 0.6 is 0 Å². The number of carbonyl (C=O) groups is 1. The van der Waals surface area contributed by atoms with E-state index in [2.05, 4.69) is 0 Å². The van der Waals surface area contributed by atoms with Gasteiger partial charge in [-0.3, -0.25) is 4.79 Å². The van der Waals surface area contributed by atoms with Crippen molar-refractivity contribution in [3.63, 3.8) is 0 Å². The molecule has 0 spiro atoms. The van der Waals surface area contributed by atoms with Crippen LogP contribution in [0.4, 0.5) is 0 Å². The molecule has 0 heterocycles. The van der Waals surface area contributed by atoms with E-state index in [4.69, 9.17) is 0 Å². The predicted octanol–water partition coefficient (Wildman–Crippen LogP) is 2.94. The minimum atomic E-state index is 0.135. The number of aryl methyl sites for hydroxylation is 1. The van der Waals surface area contributed by atoms with Crippen molar-refractivity contribution < 1.29 is 9.90 Å². The number of para-hydroxylation sites is 1. The van der Waals surface area contributed by atoms with Gasteiger partial charge in [-0.2, -0.15) is 0 Å². The molecular weight excluding hydrogens is 188 g/mol. The fraction of sp³-hybridized carbons (Fsp3) is 0.462. The van der Waals surface area contributed by atoms with Crippen molar-refractivity contribution in [1.82, 2.24) is 0 Å². The second-order valence-electron chi connectivity index (χ2n) is 3.90. The Labute approximate surface area is 90.9 Å². The van der Waals surface area contributed by atoms with Crippen molar-refractivity contribution >= 4 is 5.78 Å². The van der Waals surface area contributed by atoms with Gasteiger partial charge < -0.3 is 5.11 Å². The van der Waals surface area contributed by atoms with Gasteiger partial charge in [0.1, 0.15) is 11.5 Å². The number of hydrogen-bond donors (Lipinski definition) is 1. The van der Waals surface area contributed by atoms with Gasteiger partial charge in [0, 0.05) is 12.3 Å². The lowest BCUT2D eigenvalue weighted by Crippen LogP contribution is -2.10. The van der Waals surface area contributed by atoms with Gasteiger partial charge in [-0.25, -0.2) is 0 Å². The Kier molecular flexibility index (Phi) is 4.35. The van der Waals surface area contributed by atoms with Gasteiger partial charge in [0.05, 0.1) is 0 Å². The highest BCUT2D eigenvalue weighted by Gasteiger charge is 2.11. The van der Waals surface area contributed by atoms with E-state index < -0.39 is 0 Å². The second-order valence-corrected chi connectivity index (χ2v) is 3.90. The van der Waals surface area contributed by atoms with Crippen molar-refractivity contribution in [1.29, 1.82) is 0 Å². The van der Waals surface area contributed by atoms with Crippen LogP contribution in [0.2, 0.25) is 0 Å². The Hall–Kier alpha value is -1.31. The molecule has 2 nitrogen and oxygen atoms in total. The summed E-state index contributed by atoms with van der Waals surface area (Å²) in [6.45, 7) is 3.97. The van der Waals surface area contributed by atoms with E-state index >= 15 is 0 Å². The molecule has 0 saturated heterocycles. The largest absolute Gasteiger partial charge is 0.508 e. The molecule has 1 atom stereocenters. The molecule has 0 aliphatic carbocycles. The summed E-state index contributed by atoms with van der Waals surface area (Å²) in [4.78, 5) is 11.6. The van der Waals surface area contributed by atoms with Crippen LogP contribution < -0.4 is 0 Å². The maximum atomic E-state index is 11.6. The van der Waals surface area contributed by atoms with Crippen LogP contribution in [0.15, 0.2) is 24.3 Å². The number of benzene rings is 1. The van der Waals surface area contributed by atoms with Crippen LogP contribution in [0.3, 0.4) is 0 Å². The third-order valence-electron chi connectivity index (χ3n) is 2.79. The summed E-state index contributed by atoms with van der Waals surface area (Å²) in [6, 6.07) is 7.18. The fourth-order valence-corrected chi connectivity index (χ4v) is 1.45. The Morgan fingerprint density at radius 3 is 2.67 bits per heavy atom. The number of phenolic OH excluding ortho intramolecular Hbond substituents is 1. The summed E-state index contributed by atoms with van der Waals surface area (Å²) >= 11 is 0. The van der Waals surface area contributed by atoms with Crippen LogP contribution in [-0.2, 0) is 11.2 Å². The van der Waals surface area contributed by atoms with E-state index in [9.17, 15) is 9.90 Å². The summed E-state index contributed by atoms with van der Waals surface area (Å²) in [5.74, 6) is 0.700. The summed E-state index contributed by atoms with van der Waals surface area (Å²) < 4.78 is 0. The number of Topliss-reactive ketones (excluding diaryl/α,β-unsaturated/α-hetero) is 1. The maximum absolute atomic E-state index is 11.6. The SMILES string of the molecule is CC[C@H](C)C(=O)CCc1ccccc1O. The molecule has 1 aromatic rings. The van der Waals surface area contributed by atoms with Crippen molar-refractivity contribution in [3.05, 3.63) is 29.8 Å². The lowest BCUT2D eigenvalue weighted by molar-refractivity contribution is -0.122. The predicted molar refractivity (Wildman–Crippen MR) is 60.9 cm³/mol. The molecule has 0 saturated carbocycles. The molecule has 0 aliphatic rings. The van der Waals surface area contributed by atoms with E-state index in [0.29, 0.717) is 12.8 Å². The van der Waals surface area contributed by atoms with Crippen LogP contribution in [0.5, 0.6) is 5.75 Å². The van der Waals surface area contributed by atoms with Gasteiger partial charge in [0.2, 0.25) is 0 Å². The number of hydrogen-bond acceptors (Lipinski definition) is 2. The van der Waals surface area contributed by atoms with E-state index in [1.54, 1.807) is 12.1 Å². The van der Waals surface area contributed by atoms with Gasteiger partial charge >= 0.3 is 0 Å². The number of ketones is 1. The van der Waals surface area contributed by atoms with Gasteiger partial charge in [0.15, 0.2) is 0 Å².